The molecule has 2 N–H and O–H groups in total. The van der Waals surface area contributed by atoms with E-state index in [4.69, 9.17) is 14.7 Å². The number of hydrogen-bond acceptors (Lipinski definition) is 7. The minimum Gasteiger partial charge on any atom is -0.486 e. The van der Waals surface area contributed by atoms with Crippen LogP contribution in [0, 0.1) is 11.3 Å². The number of anilines is 1. The highest BCUT2D eigenvalue weighted by Gasteiger charge is 2.29. The molecule has 1 aliphatic rings. The Bertz CT molecular complexity index is 786. The Kier molecular flexibility index (Phi) is 5.61. The van der Waals surface area contributed by atoms with Crippen molar-refractivity contribution < 1.29 is 14.3 Å². The Morgan fingerprint density at radius 3 is 2.69 bits per heavy atom. The van der Waals surface area contributed by atoms with E-state index < -0.39 is 0 Å². The van der Waals surface area contributed by atoms with E-state index in [0.717, 1.165) is 0 Å². The number of amides is 1. The van der Waals surface area contributed by atoms with Crippen LogP contribution >= 0.6 is 0 Å². The summed E-state index contributed by atoms with van der Waals surface area (Å²) in [5.74, 6) is 0.822. The van der Waals surface area contributed by atoms with Crippen LogP contribution < -0.4 is 15.4 Å². The van der Waals surface area contributed by atoms with Crippen LogP contribution in [0.2, 0.25) is 0 Å². The number of nitriles is 1. The highest BCUT2D eigenvalue weighted by molar-refractivity contribution is 5.93. The SMILES string of the molecule is CNc1ncc(C(=O)N[C@@H]2CCOC[C@H]2Oc2ccc(C#N)cc2)cn1. The van der Waals surface area contributed by atoms with Gasteiger partial charge in [0.05, 0.1) is 29.8 Å². The molecule has 1 amide bonds. The predicted molar refractivity (Wildman–Crippen MR) is 93.8 cm³/mol. The van der Waals surface area contributed by atoms with E-state index in [-0.39, 0.29) is 18.1 Å². The van der Waals surface area contributed by atoms with Gasteiger partial charge in [0.1, 0.15) is 11.9 Å². The fraction of sp³-hybridized carbons (Fsp3) is 0.333. The Labute approximate surface area is 151 Å². The van der Waals surface area contributed by atoms with Crippen molar-refractivity contribution in [3.8, 4) is 11.8 Å². The van der Waals surface area contributed by atoms with Gasteiger partial charge in [-0.25, -0.2) is 9.97 Å². The van der Waals surface area contributed by atoms with Gasteiger partial charge in [0.25, 0.3) is 5.91 Å². The summed E-state index contributed by atoms with van der Waals surface area (Å²) in [6.45, 7) is 0.924. The third-order valence-electron chi connectivity index (χ3n) is 4.03. The zero-order chi connectivity index (χ0) is 18.4. The molecule has 8 heteroatoms. The van der Waals surface area contributed by atoms with Crippen molar-refractivity contribution in [3.63, 3.8) is 0 Å². The lowest BCUT2D eigenvalue weighted by Crippen LogP contribution is -2.51. The van der Waals surface area contributed by atoms with Gasteiger partial charge >= 0.3 is 0 Å². The van der Waals surface area contributed by atoms with Crippen molar-refractivity contribution in [1.82, 2.24) is 15.3 Å². The molecular formula is C18H19N5O3. The highest BCUT2D eigenvalue weighted by Crippen LogP contribution is 2.19. The molecule has 1 fully saturated rings. The third-order valence-corrected chi connectivity index (χ3v) is 4.03. The summed E-state index contributed by atoms with van der Waals surface area (Å²) in [7, 11) is 1.71. The first-order valence-corrected chi connectivity index (χ1v) is 8.25. The second-order valence-electron chi connectivity index (χ2n) is 5.78. The number of nitrogens with zero attached hydrogens (tertiary/aromatic N) is 3. The van der Waals surface area contributed by atoms with Gasteiger partial charge in [-0.2, -0.15) is 5.26 Å². The molecule has 2 heterocycles. The third kappa shape index (κ3) is 4.26. The summed E-state index contributed by atoms with van der Waals surface area (Å²) in [4.78, 5) is 20.5. The largest absolute Gasteiger partial charge is 0.486 e. The van der Waals surface area contributed by atoms with Gasteiger partial charge < -0.3 is 20.1 Å². The molecule has 26 heavy (non-hydrogen) atoms. The van der Waals surface area contributed by atoms with Gasteiger partial charge in [0.15, 0.2) is 0 Å². The van der Waals surface area contributed by atoms with Crippen LogP contribution in [0.25, 0.3) is 0 Å². The normalized spacial score (nSPS) is 19.2. The molecule has 134 valence electrons. The van der Waals surface area contributed by atoms with Crippen molar-refractivity contribution in [3.05, 3.63) is 47.8 Å². The average molecular weight is 353 g/mol. The summed E-state index contributed by atoms with van der Waals surface area (Å²) in [6.07, 6.45) is 3.27. The van der Waals surface area contributed by atoms with Gasteiger partial charge in [-0.05, 0) is 30.7 Å². The van der Waals surface area contributed by atoms with E-state index in [9.17, 15) is 4.79 Å². The van der Waals surface area contributed by atoms with Crippen LogP contribution in [0.5, 0.6) is 5.75 Å². The molecule has 0 bridgehead atoms. The summed E-state index contributed by atoms with van der Waals surface area (Å²) >= 11 is 0. The fourth-order valence-corrected chi connectivity index (χ4v) is 2.60. The van der Waals surface area contributed by atoms with Gasteiger partial charge in [-0.3, -0.25) is 4.79 Å². The maximum absolute atomic E-state index is 12.5. The van der Waals surface area contributed by atoms with E-state index in [2.05, 4.69) is 26.7 Å². The Balaban J connectivity index is 1.65. The molecule has 0 aliphatic carbocycles. The number of carbonyl (C=O) groups excluding carboxylic acids is 1. The van der Waals surface area contributed by atoms with Crippen LogP contribution in [-0.2, 0) is 4.74 Å². The Hall–Kier alpha value is -3.18. The lowest BCUT2D eigenvalue weighted by molar-refractivity contribution is -0.0135. The maximum atomic E-state index is 12.5. The second-order valence-corrected chi connectivity index (χ2v) is 5.78. The molecule has 1 saturated heterocycles. The standard InChI is InChI=1S/C18H19N5O3/c1-20-18-21-9-13(10-22-18)17(24)23-15-6-7-25-11-16(15)26-14-4-2-12(8-19)3-5-14/h2-5,9-10,15-16H,6-7,11H2,1H3,(H,23,24)(H,20,21,22)/t15-,16-/m1/s1. The van der Waals surface area contributed by atoms with E-state index >= 15 is 0 Å². The molecular weight excluding hydrogens is 334 g/mol. The quantitative estimate of drug-likeness (QED) is 0.835. The molecule has 1 aliphatic heterocycles. The lowest BCUT2D eigenvalue weighted by Gasteiger charge is -2.32. The summed E-state index contributed by atoms with van der Waals surface area (Å²) in [6, 6.07) is 8.71. The van der Waals surface area contributed by atoms with Crippen LogP contribution in [-0.4, -0.2) is 48.3 Å². The van der Waals surface area contributed by atoms with E-state index in [1.54, 1.807) is 31.3 Å². The zero-order valence-electron chi connectivity index (χ0n) is 14.3. The van der Waals surface area contributed by atoms with Gasteiger partial charge in [0.2, 0.25) is 5.95 Å². The molecule has 8 nitrogen and oxygen atoms in total. The highest BCUT2D eigenvalue weighted by atomic mass is 16.5. The van der Waals surface area contributed by atoms with Gasteiger partial charge in [-0.15, -0.1) is 0 Å². The van der Waals surface area contributed by atoms with E-state index in [1.165, 1.54) is 12.4 Å². The summed E-state index contributed by atoms with van der Waals surface area (Å²) in [5.41, 5.74) is 0.944. The molecule has 0 unspecified atom stereocenters. The van der Waals surface area contributed by atoms with Crippen molar-refractivity contribution >= 4 is 11.9 Å². The zero-order valence-corrected chi connectivity index (χ0v) is 14.3. The van der Waals surface area contributed by atoms with Crippen LogP contribution in [0.3, 0.4) is 0 Å². The maximum Gasteiger partial charge on any atom is 0.254 e. The number of rotatable bonds is 5. The monoisotopic (exact) mass is 353 g/mol. The Morgan fingerprint density at radius 1 is 1.31 bits per heavy atom. The predicted octanol–water partition coefficient (Wildman–Crippen LogP) is 1.36. The first-order valence-electron chi connectivity index (χ1n) is 8.25. The number of benzene rings is 1. The minimum absolute atomic E-state index is 0.198. The van der Waals surface area contributed by atoms with Gasteiger partial charge in [0, 0.05) is 26.0 Å². The molecule has 0 spiro atoms. The molecule has 1 aromatic carbocycles. The Morgan fingerprint density at radius 2 is 2.04 bits per heavy atom. The van der Waals surface area contributed by atoms with Crippen LogP contribution in [0.15, 0.2) is 36.7 Å². The van der Waals surface area contributed by atoms with Crippen molar-refractivity contribution in [2.24, 2.45) is 0 Å². The summed E-state index contributed by atoms with van der Waals surface area (Å²) < 4.78 is 11.4. The number of nitrogens with one attached hydrogen (secondary N) is 2. The molecule has 0 radical (unpaired) electrons. The number of ether oxygens (including phenoxy) is 2. The number of hydrogen-bond donors (Lipinski definition) is 2. The first-order chi connectivity index (χ1) is 12.7. The molecule has 2 aromatic rings. The first kappa shape index (κ1) is 17.6. The molecule has 3 rings (SSSR count). The topological polar surface area (TPSA) is 109 Å². The fourth-order valence-electron chi connectivity index (χ4n) is 2.60. The minimum atomic E-state index is -0.321. The van der Waals surface area contributed by atoms with Crippen molar-refractivity contribution in [1.29, 1.82) is 5.26 Å². The van der Waals surface area contributed by atoms with Crippen molar-refractivity contribution in [2.75, 3.05) is 25.6 Å². The van der Waals surface area contributed by atoms with E-state index in [1.807, 2.05) is 0 Å². The average Bonchev–Trinajstić information content (AvgIpc) is 2.70. The lowest BCUT2D eigenvalue weighted by atomic mass is 10.1. The number of carbonyl (C=O) groups is 1. The smallest absolute Gasteiger partial charge is 0.254 e. The van der Waals surface area contributed by atoms with Gasteiger partial charge in [-0.1, -0.05) is 0 Å². The van der Waals surface area contributed by atoms with Crippen molar-refractivity contribution in [2.45, 2.75) is 18.6 Å². The second kappa shape index (κ2) is 8.27. The summed E-state index contributed by atoms with van der Waals surface area (Å²) in [5, 5.41) is 14.6. The molecule has 0 saturated carbocycles. The van der Waals surface area contributed by atoms with Crippen LogP contribution in [0.1, 0.15) is 22.3 Å². The van der Waals surface area contributed by atoms with Crippen LogP contribution in [0.4, 0.5) is 5.95 Å². The number of aromatic nitrogens is 2. The van der Waals surface area contributed by atoms with E-state index in [0.29, 0.717) is 42.5 Å². The molecule has 2 atom stereocenters. The molecule has 1 aromatic heterocycles.